The molecular weight excluding hydrogens is 260 g/mol. The van der Waals surface area contributed by atoms with Crippen LogP contribution in [0.15, 0.2) is 18.2 Å². The summed E-state index contributed by atoms with van der Waals surface area (Å²) in [6.45, 7) is 4.18. The molecule has 0 radical (unpaired) electrons. The summed E-state index contributed by atoms with van der Waals surface area (Å²) in [7, 11) is 0. The maximum atomic E-state index is 12.5. The summed E-state index contributed by atoms with van der Waals surface area (Å²) in [6.07, 6.45) is 7.16. The van der Waals surface area contributed by atoms with Gasteiger partial charge in [-0.25, -0.2) is 0 Å². The molecule has 1 aromatic carbocycles. The molecule has 3 rings (SSSR count). The number of amides is 1. The zero-order valence-electron chi connectivity index (χ0n) is 13.0. The van der Waals surface area contributed by atoms with Gasteiger partial charge in [0, 0.05) is 18.2 Å². The van der Waals surface area contributed by atoms with Crippen molar-refractivity contribution in [3.8, 4) is 0 Å². The normalized spacial score (nSPS) is 25.2. The highest BCUT2D eigenvalue weighted by atomic mass is 16.1. The van der Waals surface area contributed by atoms with Crippen LogP contribution in [0.2, 0.25) is 0 Å². The summed E-state index contributed by atoms with van der Waals surface area (Å²) in [6, 6.07) is 6.54. The van der Waals surface area contributed by atoms with Gasteiger partial charge < -0.3 is 10.6 Å². The number of benzene rings is 1. The van der Waals surface area contributed by atoms with Crippen LogP contribution in [0.4, 0.5) is 0 Å². The van der Waals surface area contributed by atoms with Gasteiger partial charge in [-0.1, -0.05) is 32.3 Å². The molecule has 2 unspecified atom stereocenters. The fourth-order valence-corrected chi connectivity index (χ4v) is 3.68. The Hall–Kier alpha value is -1.35. The lowest BCUT2D eigenvalue weighted by molar-refractivity contribution is 0.0919. The molecule has 1 aliphatic carbocycles. The first-order chi connectivity index (χ1) is 10.3. The van der Waals surface area contributed by atoms with Gasteiger partial charge in [-0.2, -0.15) is 0 Å². The molecule has 3 heteroatoms. The van der Waals surface area contributed by atoms with Gasteiger partial charge in [-0.15, -0.1) is 0 Å². The van der Waals surface area contributed by atoms with Crippen molar-refractivity contribution in [3.05, 3.63) is 34.9 Å². The average molecular weight is 286 g/mol. The number of fused-ring (bicyclic) bond motifs is 1. The topological polar surface area (TPSA) is 41.1 Å². The lowest BCUT2D eigenvalue weighted by atomic mass is 9.84. The molecule has 2 N–H and O–H groups in total. The molecule has 1 amide bonds. The number of carbonyl (C=O) groups excluding carboxylic acids is 1. The van der Waals surface area contributed by atoms with Crippen LogP contribution in [0.5, 0.6) is 0 Å². The fourth-order valence-electron chi connectivity index (χ4n) is 3.68. The molecule has 2 atom stereocenters. The van der Waals surface area contributed by atoms with Crippen molar-refractivity contribution >= 4 is 5.91 Å². The summed E-state index contributed by atoms with van der Waals surface area (Å²) < 4.78 is 0. The molecule has 1 saturated carbocycles. The van der Waals surface area contributed by atoms with Gasteiger partial charge in [-0.05, 0) is 55.0 Å². The van der Waals surface area contributed by atoms with E-state index in [1.807, 2.05) is 6.07 Å². The van der Waals surface area contributed by atoms with Crippen molar-refractivity contribution in [2.24, 2.45) is 5.92 Å². The van der Waals surface area contributed by atoms with E-state index >= 15 is 0 Å². The van der Waals surface area contributed by atoms with E-state index in [0.29, 0.717) is 6.04 Å². The van der Waals surface area contributed by atoms with Crippen LogP contribution in [0, 0.1) is 5.92 Å². The Morgan fingerprint density at radius 1 is 1.33 bits per heavy atom. The minimum atomic E-state index is 0.102. The zero-order valence-corrected chi connectivity index (χ0v) is 13.0. The van der Waals surface area contributed by atoms with Gasteiger partial charge in [0.2, 0.25) is 0 Å². The molecule has 0 spiro atoms. The van der Waals surface area contributed by atoms with Crippen molar-refractivity contribution < 1.29 is 4.79 Å². The summed E-state index contributed by atoms with van der Waals surface area (Å²) in [5.41, 5.74) is 3.48. The first-order valence-electron chi connectivity index (χ1n) is 8.39. The highest BCUT2D eigenvalue weighted by molar-refractivity contribution is 5.94. The second-order valence-electron chi connectivity index (χ2n) is 6.52. The molecule has 0 bridgehead atoms. The number of hydrogen-bond donors (Lipinski definition) is 2. The van der Waals surface area contributed by atoms with E-state index in [2.05, 4.69) is 29.7 Å². The summed E-state index contributed by atoms with van der Waals surface area (Å²) >= 11 is 0. The molecule has 0 aromatic heterocycles. The van der Waals surface area contributed by atoms with E-state index in [0.717, 1.165) is 43.8 Å². The minimum absolute atomic E-state index is 0.102. The second kappa shape index (κ2) is 6.61. The van der Waals surface area contributed by atoms with Gasteiger partial charge in [0.15, 0.2) is 0 Å². The Balaban J connectivity index is 1.65. The molecule has 1 aromatic rings. The standard InChI is InChI=1S/C18H26N2O/c1-2-13-4-3-5-17(10-13)20-18(21)15-7-6-14-8-9-19-12-16(14)11-15/h6-7,11,13,17,19H,2-5,8-10,12H2,1H3,(H,20,21). The van der Waals surface area contributed by atoms with Gasteiger partial charge >= 0.3 is 0 Å². The predicted octanol–water partition coefficient (Wildman–Crippen LogP) is 3.03. The Bertz CT molecular complexity index is 512. The lowest BCUT2D eigenvalue weighted by Crippen LogP contribution is -2.38. The first kappa shape index (κ1) is 14.6. The number of hydrogen-bond acceptors (Lipinski definition) is 2. The summed E-state index contributed by atoms with van der Waals surface area (Å²) in [5, 5.41) is 6.62. The quantitative estimate of drug-likeness (QED) is 0.896. The SMILES string of the molecule is CCC1CCCC(NC(=O)c2ccc3c(c2)CNCC3)C1. The first-order valence-corrected chi connectivity index (χ1v) is 8.39. The number of rotatable bonds is 3. The molecule has 1 fully saturated rings. The van der Waals surface area contributed by atoms with E-state index in [4.69, 9.17) is 0 Å². The lowest BCUT2D eigenvalue weighted by Gasteiger charge is -2.29. The monoisotopic (exact) mass is 286 g/mol. The van der Waals surface area contributed by atoms with Crippen molar-refractivity contribution in [1.29, 1.82) is 0 Å². The predicted molar refractivity (Wildman–Crippen MR) is 85.4 cm³/mol. The van der Waals surface area contributed by atoms with E-state index in [9.17, 15) is 4.79 Å². The third-order valence-corrected chi connectivity index (χ3v) is 5.05. The molecule has 114 valence electrons. The van der Waals surface area contributed by atoms with Gasteiger partial charge in [0.1, 0.15) is 0 Å². The molecule has 21 heavy (non-hydrogen) atoms. The van der Waals surface area contributed by atoms with Crippen molar-refractivity contribution in [2.45, 2.75) is 58.0 Å². The zero-order chi connectivity index (χ0) is 14.7. The van der Waals surface area contributed by atoms with Gasteiger partial charge in [0.25, 0.3) is 5.91 Å². The van der Waals surface area contributed by atoms with Crippen LogP contribution in [0.1, 0.15) is 60.5 Å². The smallest absolute Gasteiger partial charge is 0.251 e. The van der Waals surface area contributed by atoms with Crippen LogP contribution in [0.3, 0.4) is 0 Å². The highest BCUT2D eigenvalue weighted by Crippen LogP contribution is 2.26. The van der Waals surface area contributed by atoms with E-state index in [-0.39, 0.29) is 5.91 Å². The molecule has 2 aliphatic rings. The van der Waals surface area contributed by atoms with Gasteiger partial charge in [-0.3, -0.25) is 4.79 Å². The van der Waals surface area contributed by atoms with Crippen LogP contribution < -0.4 is 10.6 Å². The maximum absolute atomic E-state index is 12.5. The van der Waals surface area contributed by atoms with Crippen LogP contribution in [0.25, 0.3) is 0 Å². The molecule has 3 nitrogen and oxygen atoms in total. The molecule has 1 aliphatic heterocycles. The van der Waals surface area contributed by atoms with E-state index in [1.54, 1.807) is 0 Å². The molecule has 1 heterocycles. The second-order valence-corrected chi connectivity index (χ2v) is 6.52. The maximum Gasteiger partial charge on any atom is 0.251 e. The third-order valence-electron chi connectivity index (χ3n) is 5.05. The highest BCUT2D eigenvalue weighted by Gasteiger charge is 2.22. The van der Waals surface area contributed by atoms with Crippen molar-refractivity contribution in [1.82, 2.24) is 10.6 Å². The number of nitrogens with one attached hydrogen (secondary N) is 2. The van der Waals surface area contributed by atoms with E-state index in [1.165, 1.54) is 30.4 Å². The summed E-state index contributed by atoms with van der Waals surface area (Å²) in [5.74, 6) is 0.891. The fraction of sp³-hybridized carbons (Fsp3) is 0.611. The van der Waals surface area contributed by atoms with Crippen LogP contribution in [-0.2, 0) is 13.0 Å². The Morgan fingerprint density at radius 3 is 3.10 bits per heavy atom. The molecular formula is C18H26N2O. The largest absolute Gasteiger partial charge is 0.349 e. The number of carbonyl (C=O) groups is 1. The Kier molecular flexibility index (Phi) is 4.59. The average Bonchev–Trinajstić information content (AvgIpc) is 2.54. The van der Waals surface area contributed by atoms with Gasteiger partial charge in [0.05, 0.1) is 0 Å². The minimum Gasteiger partial charge on any atom is -0.349 e. The Morgan fingerprint density at radius 2 is 2.24 bits per heavy atom. The molecule has 0 saturated heterocycles. The Labute approximate surface area is 127 Å². The summed E-state index contributed by atoms with van der Waals surface area (Å²) in [4.78, 5) is 12.5. The van der Waals surface area contributed by atoms with Crippen LogP contribution in [-0.4, -0.2) is 18.5 Å². The van der Waals surface area contributed by atoms with E-state index < -0.39 is 0 Å². The van der Waals surface area contributed by atoms with Crippen molar-refractivity contribution in [2.75, 3.05) is 6.54 Å². The van der Waals surface area contributed by atoms with Crippen molar-refractivity contribution in [3.63, 3.8) is 0 Å². The van der Waals surface area contributed by atoms with Crippen LogP contribution >= 0.6 is 0 Å². The third kappa shape index (κ3) is 3.46.